The van der Waals surface area contributed by atoms with Gasteiger partial charge in [0.1, 0.15) is 5.75 Å². The third kappa shape index (κ3) is 4.49. The first-order valence-corrected chi connectivity index (χ1v) is 8.65. The van der Waals surface area contributed by atoms with Crippen molar-refractivity contribution in [1.82, 2.24) is 0 Å². The van der Waals surface area contributed by atoms with E-state index in [1.165, 1.54) is 23.8 Å². The average molecular weight is 318 g/mol. The molecule has 0 amide bonds. The highest BCUT2D eigenvalue weighted by Crippen LogP contribution is 2.47. The summed E-state index contributed by atoms with van der Waals surface area (Å²) in [6.45, 7) is 11.5. The zero-order valence-electron chi connectivity index (χ0n) is 15.3. The van der Waals surface area contributed by atoms with Gasteiger partial charge in [-0.1, -0.05) is 38.5 Å². The Bertz CT molecular complexity index is 562. The van der Waals surface area contributed by atoms with Crippen LogP contribution in [0.15, 0.2) is 12.1 Å². The fraction of sp³-hybridized carbons (Fsp3) is 0.650. The van der Waals surface area contributed by atoms with E-state index in [-0.39, 0.29) is 11.9 Å². The molecule has 0 N–H and O–H groups in total. The van der Waals surface area contributed by atoms with Gasteiger partial charge in [-0.2, -0.15) is 0 Å². The van der Waals surface area contributed by atoms with Crippen molar-refractivity contribution in [2.24, 2.45) is 17.8 Å². The molecular formula is C20H30O3. The second-order valence-electron chi connectivity index (χ2n) is 7.47. The highest BCUT2D eigenvalue weighted by atomic mass is 16.5. The highest BCUT2D eigenvalue weighted by Gasteiger charge is 2.44. The summed E-state index contributed by atoms with van der Waals surface area (Å²) in [7, 11) is 1.48. The summed E-state index contributed by atoms with van der Waals surface area (Å²) in [5, 5.41) is 0. The molecule has 1 saturated carbocycles. The summed E-state index contributed by atoms with van der Waals surface area (Å²) >= 11 is 0. The van der Waals surface area contributed by atoms with Crippen molar-refractivity contribution in [3.05, 3.63) is 28.8 Å². The molecule has 2 rings (SSSR count). The lowest BCUT2D eigenvalue weighted by Gasteiger charge is -2.21. The number of aryl methyl sites for hydroxylation is 2. The molecule has 0 radical (unpaired) electrons. The summed E-state index contributed by atoms with van der Waals surface area (Å²) < 4.78 is 11.0. The first-order valence-electron chi connectivity index (χ1n) is 8.65. The predicted octanol–water partition coefficient (Wildman–Crippen LogP) is 4.64. The second kappa shape index (κ2) is 7.37. The molecule has 0 aromatic heterocycles. The summed E-state index contributed by atoms with van der Waals surface area (Å²) in [6.07, 6.45) is 1.98. The van der Waals surface area contributed by atoms with Crippen molar-refractivity contribution in [3.63, 3.8) is 0 Å². The minimum atomic E-state index is -0.0566. The molecule has 0 saturated heterocycles. The maximum atomic E-state index is 11.6. The molecule has 3 nitrogen and oxygen atoms in total. The van der Waals surface area contributed by atoms with Gasteiger partial charge in [0.2, 0.25) is 0 Å². The van der Waals surface area contributed by atoms with Crippen LogP contribution in [0.1, 0.15) is 56.2 Å². The number of ether oxygens (including phenoxy) is 2. The Balaban J connectivity index is 2.12. The lowest BCUT2D eigenvalue weighted by Crippen LogP contribution is -2.10. The number of carbonyl (C=O) groups is 1. The predicted molar refractivity (Wildman–Crippen MR) is 92.9 cm³/mol. The zero-order chi connectivity index (χ0) is 17.1. The quantitative estimate of drug-likeness (QED) is 0.687. The molecule has 1 aliphatic carbocycles. The van der Waals surface area contributed by atoms with Crippen LogP contribution in [0.4, 0.5) is 0 Å². The topological polar surface area (TPSA) is 35.5 Å². The van der Waals surface area contributed by atoms with E-state index in [1.54, 1.807) is 0 Å². The van der Waals surface area contributed by atoms with Gasteiger partial charge in [-0.25, -0.2) is 0 Å². The molecule has 3 heteroatoms. The van der Waals surface area contributed by atoms with E-state index in [0.717, 1.165) is 25.2 Å². The molecule has 1 aliphatic rings. The first kappa shape index (κ1) is 17.8. The molecule has 1 aromatic rings. The second-order valence-corrected chi connectivity index (χ2v) is 7.47. The van der Waals surface area contributed by atoms with Crippen LogP contribution in [0.3, 0.4) is 0 Å². The van der Waals surface area contributed by atoms with Crippen LogP contribution >= 0.6 is 0 Å². The van der Waals surface area contributed by atoms with Crippen LogP contribution in [-0.4, -0.2) is 19.7 Å². The van der Waals surface area contributed by atoms with Gasteiger partial charge in [-0.3, -0.25) is 4.79 Å². The fourth-order valence-electron chi connectivity index (χ4n) is 3.33. The Morgan fingerprint density at radius 2 is 1.96 bits per heavy atom. The van der Waals surface area contributed by atoms with E-state index >= 15 is 0 Å². The lowest BCUT2D eigenvalue weighted by atomic mass is 9.91. The molecule has 3 unspecified atom stereocenters. The Morgan fingerprint density at radius 1 is 1.26 bits per heavy atom. The third-order valence-corrected chi connectivity index (χ3v) is 4.62. The third-order valence-electron chi connectivity index (χ3n) is 4.62. The molecule has 1 aromatic carbocycles. The van der Waals surface area contributed by atoms with E-state index in [2.05, 4.69) is 46.8 Å². The number of carbonyl (C=O) groups excluding carboxylic acids is 1. The Hall–Kier alpha value is -1.51. The monoisotopic (exact) mass is 318 g/mol. The van der Waals surface area contributed by atoms with E-state index in [4.69, 9.17) is 9.47 Å². The van der Waals surface area contributed by atoms with Crippen LogP contribution in [0, 0.1) is 31.6 Å². The Morgan fingerprint density at radius 3 is 2.57 bits per heavy atom. The van der Waals surface area contributed by atoms with Gasteiger partial charge in [0.05, 0.1) is 19.6 Å². The van der Waals surface area contributed by atoms with Crippen LogP contribution in [0.2, 0.25) is 0 Å². The van der Waals surface area contributed by atoms with Crippen molar-refractivity contribution in [3.8, 4) is 5.75 Å². The number of esters is 1. The minimum absolute atomic E-state index is 0.0566. The summed E-state index contributed by atoms with van der Waals surface area (Å²) in [4.78, 5) is 11.6. The summed E-state index contributed by atoms with van der Waals surface area (Å²) in [5.41, 5.74) is 3.74. The molecule has 3 atom stereocenters. The minimum Gasteiger partial charge on any atom is -0.493 e. The smallest absolute Gasteiger partial charge is 0.308 e. The van der Waals surface area contributed by atoms with Crippen molar-refractivity contribution in [2.45, 2.75) is 53.4 Å². The Kier molecular flexibility index (Phi) is 5.72. The zero-order valence-corrected chi connectivity index (χ0v) is 15.3. The molecule has 23 heavy (non-hydrogen) atoms. The van der Waals surface area contributed by atoms with E-state index in [9.17, 15) is 4.79 Å². The Labute approximate surface area is 140 Å². The number of methoxy groups -OCH3 is 1. The molecule has 0 bridgehead atoms. The van der Waals surface area contributed by atoms with Crippen molar-refractivity contribution >= 4 is 5.97 Å². The number of benzene rings is 1. The maximum Gasteiger partial charge on any atom is 0.308 e. The van der Waals surface area contributed by atoms with Crippen LogP contribution < -0.4 is 4.74 Å². The molecule has 1 fully saturated rings. The van der Waals surface area contributed by atoms with Gasteiger partial charge in [0.15, 0.2) is 0 Å². The van der Waals surface area contributed by atoms with Gasteiger partial charge in [-0.05, 0) is 55.6 Å². The number of hydrogen-bond acceptors (Lipinski definition) is 3. The SMILES string of the molecule is COC(=O)C1CC1CC(C)c1cc(C)cc(C)c1OCC(C)C. The van der Waals surface area contributed by atoms with Crippen molar-refractivity contribution in [2.75, 3.05) is 13.7 Å². The van der Waals surface area contributed by atoms with E-state index in [0.29, 0.717) is 17.8 Å². The molecular weight excluding hydrogens is 288 g/mol. The largest absolute Gasteiger partial charge is 0.493 e. The van der Waals surface area contributed by atoms with E-state index < -0.39 is 0 Å². The standard InChI is InChI=1S/C20H30O3/c1-12(2)11-23-19-15(5)7-13(3)8-17(19)14(4)9-16-10-18(16)20(21)22-6/h7-8,12,14,16,18H,9-11H2,1-6H3. The fourth-order valence-corrected chi connectivity index (χ4v) is 3.33. The summed E-state index contributed by atoms with van der Waals surface area (Å²) in [6, 6.07) is 4.42. The highest BCUT2D eigenvalue weighted by molar-refractivity contribution is 5.75. The summed E-state index contributed by atoms with van der Waals surface area (Å²) in [5.74, 6) is 2.43. The van der Waals surface area contributed by atoms with Gasteiger partial charge in [-0.15, -0.1) is 0 Å². The van der Waals surface area contributed by atoms with Crippen LogP contribution in [0.5, 0.6) is 5.75 Å². The van der Waals surface area contributed by atoms with Crippen LogP contribution in [-0.2, 0) is 9.53 Å². The van der Waals surface area contributed by atoms with Crippen LogP contribution in [0.25, 0.3) is 0 Å². The van der Waals surface area contributed by atoms with Crippen molar-refractivity contribution in [1.29, 1.82) is 0 Å². The molecule has 0 heterocycles. The average Bonchev–Trinajstić information content (AvgIpc) is 3.23. The number of hydrogen-bond donors (Lipinski definition) is 0. The lowest BCUT2D eigenvalue weighted by molar-refractivity contribution is -0.142. The van der Waals surface area contributed by atoms with Gasteiger partial charge < -0.3 is 9.47 Å². The molecule has 0 aliphatic heterocycles. The van der Waals surface area contributed by atoms with Crippen molar-refractivity contribution < 1.29 is 14.3 Å². The van der Waals surface area contributed by atoms with Gasteiger partial charge in [0, 0.05) is 0 Å². The normalized spacial score (nSPS) is 21.2. The van der Waals surface area contributed by atoms with Gasteiger partial charge >= 0.3 is 5.97 Å². The van der Waals surface area contributed by atoms with Gasteiger partial charge in [0.25, 0.3) is 0 Å². The van der Waals surface area contributed by atoms with E-state index in [1.807, 2.05) is 0 Å². The number of rotatable bonds is 7. The molecule has 128 valence electrons. The molecule has 0 spiro atoms. The first-order chi connectivity index (χ1) is 10.8. The maximum absolute atomic E-state index is 11.6.